The fraction of sp³-hybridized carbons (Fsp3) is 0.100. The number of fused-ring (bicyclic) bond motifs is 1. The van der Waals surface area contributed by atoms with Crippen molar-refractivity contribution in [2.45, 2.75) is 0 Å². The van der Waals surface area contributed by atoms with E-state index in [1.165, 1.54) is 6.07 Å². The van der Waals surface area contributed by atoms with Crippen LogP contribution in [0.5, 0.6) is 5.75 Å². The Labute approximate surface area is 93.6 Å². The van der Waals surface area contributed by atoms with Crippen LogP contribution in [0.2, 0.25) is 0 Å². The number of aromatic carboxylic acids is 1. The summed E-state index contributed by atoms with van der Waals surface area (Å²) >= 11 is 3.29. The summed E-state index contributed by atoms with van der Waals surface area (Å²) in [7, 11) is 1.55. The largest absolute Gasteiger partial charge is 0.496 e. The van der Waals surface area contributed by atoms with Crippen molar-refractivity contribution in [1.82, 2.24) is 0 Å². The Balaban J connectivity index is 2.66. The van der Waals surface area contributed by atoms with Crippen LogP contribution in [0.3, 0.4) is 0 Å². The van der Waals surface area contributed by atoms with E-state index < -0.39 is 5.97 Å². The summed E-state index contributed by atoms with van der Waals surface area (Å²) in [5.74, 6) is -0.522. The first-order chi connectivity index (χ1) is 7.11. The van der Waals surface area contributed by atoms with Crippen molar-refractivity contribution >= 4 is 32.9 Å². The minimum atomic E-state index is -1.08. The number of hydrogen-bond acceptors (Lipinski definition) is 3. The highest BCUT2D eigenvalue weighted by Crippen LogP contribution is 2.31. The van der Waals surface area contributed by atoms with Crippen LogP contribution < -0.4 is 4.74 Å². The Kier molecular flexibility index (Phi) is 2.40. The second kappa shape index (κ2) is 3.58. The number of halogens is 1. The predicted octanol–water partition coefficient (Wildman–Crippen LogP) is 2.90. The third-order valence-corrected chi connectivity index (χ3v) is 2.62. The van der Waals surface area contributed by atoms with Gasteiger partial charge in [0, 0.05) is 5.39 Å². The molecule has 0 unspecified atom stereocenters. The summed E-state index contributed by atoms with van der Waals surface area (Å²) < 4.78 is 10.9. The monoisotopic (exact) mass is 270 g/mol. The molecule has 0 bridgehead atoms. The molecule has 0 aliphatic carbocycles. The van der Waals surface area contributed by atoms with Crippen molar-refractivity contribution in [3.05, 3.63) is 28.4 Å². The number of furan rings is 1. The lowest BCUT2D eigenvalue weighted by Crippen LogP contribution is -1.91. The molecule has 4 nitrogen and oxygen atoms in total. The van der Waals surface area contributed by atoms with Crippen LogP contribution >= 0.6 is 15.9 Å². The van der Waals surface area contributed by atoms with E-state index >= 15 is 0 Å². The van der Waals surface area contributed by atoms with Gasteiger partial charge in [-0.3, -0.25) is 0 Å². The van der Waals surface area contributed by atoms with E-state index in [0.29, 0.717) is 16.7 Å². The lowest BCUT2D eigenvalue weighted by atomic mass is 10.2. The number of carbonyl (C=O) groups is 1. The molecule has 0 aliphatic rings. The molecule has 0 atom stereocenters. The summed E-state index contributed by atoms with van der Waals surface area (Å²) in [6.07, 6.45) is 0. The summed E-state index contributed by atoms with van der Waals surface area (Å²) in [6.45, 7) is 0. The van der Waals surface area contributed by atoms with Gasteiger partial charge in [-0.15, -0.1) is 0 Å². The number of ether oxygens (including phenoxy) is 1. The zero-order valence-electron chi connectivity index (χ0n) is 7.78. The van der Waals surface area contributed by atoms with E-state index in [-0.39, 0.29) is 5.76 Å². The smallest absolute Gasteiger partial charge is 0.371 e. The highest BCUT2D eigenvalue weighted by Gasteiger charge is 2.12. The summed E-state index contributed by atoms with van der Waals surface area (Å²) in [5.41, 5.74) is 0.514. The minimum absolute atomic E-state index is 0.0786. The van der Waals surface area contributed by atoms with Crippen molar-refractivity contribution < 1.29 is 19.1 Å². The molecule has 2 rings (SSSR count). The van der Waals surface area contributed by atoms with Crippen molar-refractivity contribution in [1.29, 1.82) is 0 Å². The van der Waals surface area contributed by atoms with Gasteiger partial charge in [-0.2, -0.15) is 0 Å². The molecule has 1 N–H and O–H groups in total. The van der Waals surface area contributed by atoms with Gasteiger partial charge < -0.3 is 14.3 Å². The summed E-state index contributed by atoms with van der Waals surface area (Å²) in [6, 6.07) is 4.86. The minimum Gasteiger partial charge on any atom is -0.496 e. The highest BCUT2D eigenvalue weighted by atomic mass is 79.9. The zero-order chi connectivity index (χ0) is 11.0. The van der Waals surface area contributed by atoms with Gasteiger partial charge in [-0.05, 0) is 34.1 Å². The number of carboxylic acid groups (broad SMARTS) is 1. The van der Waals surface area contributed by atoms with Crippen molar-refractivity contribution in [2.75, 3.05) is 7.11 Å². The average Bonchev–Trinajstić information content (AvgIpc) is 2.59. The molecular formula is C10H7BrO4. The SMILES string of the molecule is COc1cc2cc(C(=O)O)oc2cc1Br. The van der Waals surface area contributed by atoms with Crippen molar-refractivity contribution in [3.63, 3.8) is 0 Å². The zero-order valence-corrected chi connectivity index (χ0v) is 9.37. The Bertz CT molecular complexity index is 529. The number of carboxylic acids is 1. The molecule has 0 fully saturated rings. The molecule has 5 heteroatoms. The third-order valence-electron chi connectivity index (χ3n) is 2.00. The molecule has 1 aromatic heterocycles. The lowest BCUT2D eigenvalue weighted by molar-refractivity contribution is 0.0665. The molecule has 0 saturated carbocycles. The van der Waals surface area contributed by atoms with Crippen LogP contribution in [0.25, 0.3) is 11.0 Å². The molecule has 0 aliphatic heterocycles. The molecule has 0 spiro atoms. The maximum atomic E-state index is 10.7. The fourth-order valence-electron chi connectivity index (χ4n) is 1.30. The predicted molar refractivity (Wildman–Crippen MR) is 57.4 cm³/mol. The fourth-order valence-corrected chi connectivity index (χ4v) is 1.79. The summed E-state index contributed by atoms with van der Waals surface area (Å²) in [4.78, 5) is 10.7. The van der Waals surface area contributed by atoms with E-state index in [4.69, 9.17) is 14.3 Å². The van der Waals surface area contributed by atoms with Crippen LogP contribution in [-0.2, 0) is 0 Å². The third kappa shape index (κ3) is 1.70. The Morgan fingerprint density at radius 2 is 2.20 bits per heavy atom. The average molecular weight is 271 g/mol. The summed E-state index contributed by atoms with van der Waals surface area (Å²) in [5, 5.41) is 9.45. The van der Waals surface area contributed by atoms with E-state index in [9.17, 15) is 4.79 Å². The number of hydrogen-bond donors (Lipinski definition) is 1. The van der Waals surface area contributed by atoms with Gasteiger partial charge in [0.15, 0.2) is 0 Å². The van der Waals surface area contributed by atoms with Crippen molar-refractivity contribution in [3.8, 4) is 5.75 Å². The van der Waals surface area contributed by atoms with E-state index in [1.807, 2.05) is 0 Å². The van der Waals surface area contributed by atoms with Gasteiger partial charge in [0.25, 0.3) is 0 Å². The Morgan fingerprint density at radius 3 is 2.80 bits per heavy atom. The van der Waals surface area contributed by atoms with Crippen LogP contribution in [0, 0.1) is 0 Å². The molecule has 15 heavy (non-hydrogen) atoms. The van der Waals surface area contributed by atoms with E-state index in [0.717, 1.165) is 4.47 Å². The first-order valence-electron chi connectivity index (χ1n) is 4.12. The Morgan fingerprint density at radius 1 is 1.47 bits per heavy atom. The topological polar surface area (TPSA) is 59.7 Å². The highest BCUT2D eigenvalue weighted by molar-refractivity contribution is 9.10. The second-order valence-corrected chi connectivity index (χ2v) is 3.79. The lowest BCUT2D eigenvalue weighted by Gasteiger charge is -2.01. The van der Waals surface area contributed by atoms with E-state index in [2.05, 4.69) is 15.9 Å². The number of methoxy groups -OCH3 is 1. The normalized spacial score (nSPS) is 10.5. The van der Waals surface area contributed by atoms with Gasteiger partial charge in [0.05, 0.1) is 11.6 Å². The van der Waals surface area contributed by atoms with Gasteiger partial charge in [0.2, 0.25) is 5.76 Å². The van der Waals surface area contributed by atoms with Crippen LogP contribution in [0.15, 0.2) is 27.1 Å². The molecule has 1 heterocycles. The molecule has 2 aromatic rings. The van der Waals surface area contributed by atoms with Crippen LogP contribution in [0.4, 0.5) is 0 Å². The first kappa shape index (κ1) is 10.0. The van der Waals surface area contributed by atoms with Gasteiger partial charge in [0.1, 0.15) is 11.3 Å². The van der Waals surface area contributed by atoms with Crippen molar-refractivity contribution in [2.24, 2.45) is 0 Å². The van der Waals surface area contributed by atoms with Crippen LogP contribution in [0.1, 0.15) is 10.6 Å². The molecular weight excluding hydrogens is 264 g/mol. The molecule has 78 valence electrons. The van der Waals surface area contributed by atoms with Gasteiger partial charge >= 0.3 is 5.97 Å². The standard InChI is InChI=1S/C10H7BrO4/c1-14-8-2-5-3-9(10(12)13)15-7(5)4-6(8)11/h2-4H,1H3,(H,12,13). The van der Waals surface area contributed by atoms with Gasteiger partial charge in [-0.25, -0.2) is 4.79 Å². The van der Waals surface area contributed by atoms with Gasteiger partial charge in [-0.1, -0.05) is 0 Å². The number of benzene rings is 1. The second-order valence-electron chi connectivity index (χ2n) is 2.94. The maximum absolute atomic E-state index is 10.7. The Hall–Kier alpha value is -1.49. The molecule has 0 amide bonds. The van der Waals surface area contributed by atoms with Crippen LogP contribution in [-0.4, -0.2) is 18.2 Å². The van der Waals surface area contributed by atoms with E-state index in [1.54, 1.807) is 19.2 Å². The molecule has 0 radical (unpaired) electrons. The maximum Gasteiger partial charge on any atom is 0.371 e. The molecule has 1 aromatic carbocycles. The first-order valence-corrected chi connectivity index (χ1v) is 4.91. The quantitative estimate of drug-likeness (QED) is 0.912. The number of rotatable bonds is 2. The molecule has 0 saturated heterocycles.